The summed E-state index contributed by atoms with van der Waals surface area (Å²) in [4.78, 5) is 4.31. The van der Waals surface area contributed by atoms with E-state index >= 15 is 0 Å². The molecule has 1 saturated carbocycles. The number of nitrogens with zero attached hydrogens (tertiary/aromatic N) is 1. The second-order valence-corrected chi connectivity index (χ2v) is 2.92. The summed E-state index contributed by atoms with van der Waals surface area (Å²) in [6.07, 6.45) is 6.80. The molecule has 0 heterocycles. The third kappa shape index (κ3) is 1.81. The Hall–Kier alpha value is -0.370. The van der Waals surface area contributed by atoms with Crippen molar-refractivity contribution in [3.63, 3.8) is 0 Å². The van der Waals surface area contributed by atoms with E-state index in [1.165, 1.54) is 19.3 Å². The van der Waals surface area contributed by atoms with Crippen LogP contribution in [0.25, 0.3) is 0 Å². The van der Waals surface area contributed by atoms with E-state index in [0.29, 0.717) is 12.1 Å². The van der Waals surface area contributed by atoms with Crippen LogP contribution in [0.2, 0.25) is 0 Å². The van der Waals surface area contributed by atoms with Gasteiger partial charge in [-0.1, -0.05) is 12.8 Å². The quantitative estimate of drug-likeness (QED) is 0.548. The maximum Gasteiger partial charge on any atom is 0.0646 e. The van der Waals surface area contributed by atoms with Gasteiger partial charge in [-0.3, -0.25) is 4.99 Å². The van der Waals surface area contributed by atoms with Crippen molar-refractivity contribution in [1.29, 1.82) is 0 Å². The molecule has 1 aliphatic carbocycles. The van der Waals surface area contributed by atoms with Crippen molar-refractivity contribution in [2.75, 3.05) is 0 Å². The van der Waals surface area contributed by atoms with Crippen LogP contribution in [-0.4, -0.2) is 18.3 Å². The van der Waals surface area contributed by atoms with E-state index < -0.39 is 0 Å². The zero-order chi connectivity index (χ0) is 7.40. The van der Waals surface area contributed by atoms with Crippen molar-refractivity contribution in [2.24, 2.45) is 10.7 Å². The molecule has 0 radical (unpaired) electrons. The molecular formula is C8H16N2. The van der Waals surface area contributed by atoms with Crippen molar-refractivity contribution in [3.05, 3.63) is 0 Å². The van der Waals surface area contributed by atoms with Gasteiger partial charge in [0.25, 0.3) is 0 Å². The van der Waals surface area contributed by atoms with Gasteiger partial charge in [-0.05, 0) is 26.0 Å². The molecule has 2 atom stereocenters. The van der Waals surface area contributed by atoms with Crippen LogP contribution in [0.5, 0.6) is 0 Å². The summed E-state index contributed by atoms with van der Waals surface area (Å²) in [5, 5.41) is 0. The summed E-state index contributed by atoms with van der Waals surface area (Å²) in [5.74, 6) is 0. The molecule has 0 spiro atoms. The molecule has 0 aliphatic heterocycles. The van der Waals surface area contributed by atoms with Crippen LogP contribution in [0.1, 0.15) is 32.6 Å². The normalized spacial score (nSPS) is 35.0. The van der Waals surface area contributed by atoms with Crippen LogP contribution in [0, 0.1) is 0 Å². The molecule has 2 heteroatoms. The fourth-order valence-electron chi connectivity index (χ4n) is 1.52. The van der Waals surface area contributed by atoms with Crippen molar-refractivity contribution < 1.29 is 0 Å². The van der Waals surface area contributed by atoms with Gasteiger partial charge in [-0.2, -0.15) is 0 Å². The Bertz CT molecular complexity index is 120. The fraction of sp³-hybridized carbons (Fsp3) is 0.875. The first-order valence-corrected chi connectivity index (χ1v) is 4.08. The molecule has 0 aromatic carbocycles. The van der Waals surface area contributed by atoms with E-state index in [4.69, 9.17) is 5.73 Å². The molecule has 1 fully saturated rings. The van der Waals surface area contributed by atoms with Crippen LogP contribution >= 0.6 is 0 Å². The first-order chi connectivity index (χ1) is 4.84. The predicted octanol–water partition coefficient (Wildman–Crippen LogP) is 1.35. The molecule has 10 heavy (non-hydrogen) atoms. The zero-order valence-electron chi connectivity index (χ0n) is 6.59. The third-order valence-electron chi connectivity index (χ3n) is 2.12. The number of hydrogen-bond donors (Lipinski definition) is 1. The molecule has 0 saturated heterocycles. The Morgan fingerprint density at radius 1 is 1.40 bits per heavy atom. The molecule has 0 bridgehead atoms. The highest BCUT2D eigenvalue weighted by Crippen LogP contribution is 2.18. The van der Waals surface area contributed by atoms with Gasteiger partial charge in [0.2, 0.25) is 0 Å². The van der Waals surface area contributed by atoms with E-state index in [2.05, 4.69) is 4.99 Å². The minimum Gasteiger partial charge on any atom is -0.326 e. The molecular weight excluding hydrogens is 124 g/mol. The van der Waals surface area contributed by atoms with Gasteiger partial charge < -0.3 is 5.73 Å². The lowest BCUT2D eigenvalue weighted by atomic mass is 9.91. The minimum atomic E-state index is 0.324. The van der Waals surface area contributed by atoms with Crippen molar-refractivity contribution in [3.8, 4) is 0 Å². The van der Waals surface area contributed by atoms with Gasteiger partial charge in [0.05, 0.1) is 6.04 Å². The SMILES string of the molecule is CC=NC1CCCCC1N. The smallest absolute Gasteiger partial charge is 0.0646 e. The molecule has 0 amide bonds. The Morgan fingerprint density at radius 2 is 2.10 bits per heavy atom. The molecule has 1 rings (SSSR count). The first kappa shape index (κ1) is 7.73. The lowest BCUT2D eigenvalue weighted by Crippen LogP contribution is -2.36. The Kier molecular flexibility index (Phi) is 2.87. The van der Waals surface area contributed by atoms with Crippen LogP contribution in [0.3, 0.4) is 0 Å². The molecule has 1 aliphatic rings. The summed E-state index contributed by atoms with van der Waals surface area (Å²) in [6.45, 7) is 1.96. The van der Waals surface area contributed by atoms with Crippen molar-refractivity contribution in [2.45, 2.75) is 44.7 Å². The van der Waals surface area contributed by atoms with E-state index in [0.717, 1.165) is 6.42 Å². The highest BCUT2D eigenvalue weighted by molar-refractivity contribution is 5.53. The van der Waals surface area contributed by atoms with Gasteiger partial charge in [0, 0.05) is 6.04 Å². The Morgan fingerprint density at radius 3 is 2.70 bits per heavy atom. The summed E-state index contributed by atoms with van der Waals surface area (Å²) < 4.78 is 0. The minimum absolute atomic E-state index is 0.324. The lowest BCUT2D eigenvalue weighted by Gasteiger charge is -2.24. The molecule has 2 N–H and O–H groups in total. The van der Waals surface area contributed by atoms with Gasteiger partial charge in [0.15, 0.2) is 0 Å². The van der Waals surface area contributed by atoms with E-state index in [9.17, 15) is 0 Å². The second kappa shape index (κ2) is 3.71. The third-order valence-corrected chi connectivity index (χ3v) is 2.12. The second-order valence-electron chi connectivity index (χ2n) is 2.92. The van der Waals surface area contributed by atoms with Crippen LogP contribution < -0.4 is 5.73 Å². The summed E-state index contributed by atoms with van der Waals surface area (Å²) in [7, 11) is 0. The topological polar surface area (TPSA) is 38.4 Å². The summed E-state index contributed by atoms with van der Waals surface area (Å²) in [6, 6.07) is 0.740. The predicted molar refractivity (Wildman–Crippen MR) is 44.4 cm³/mol. The van der Waals surface area contributed by atoms with Crippen molar-refractivity contribution in [1.82, 2.24) is 0 Å². The summed E-state index contributed by atoms with van der Waals surface area (Å²) >= 11 is 0. The van der Waals surface area contributed by atoms with E-state index in [1.54, 1.807) is 0 Å². The fourth-order valence-corrected chi connectivity index (χ4v) is 1.52. The monoisotopic (exact) mass is 140 g/mol. The van der Waals surface area contributed by atoms with Crippen LogP contribution in [-0.2, 0) is 0 Å². The number of hydrogen-bond acceptors (Lipinski definition) is 2. The average Bonchev–Trinajstić information content (AvgIpc) is 1.94. The molecule has 2 unspecified atom stereocenters. The Labute approximate surface area is 62.5 Å². The zero-order valence-corrected chi connectivity index (χ0v) is 6.59. The first-order valence-electron chi connectivity index (χ1n) is 4.08. The standard InChI is InChI=1S/C8H16N2/c1-2-10-8-6-4-3-5-7(8)9/h2,7-8H,3-6,9H2,1H3. The molecule has 0 aromatic rings. The number of rotatable bonds is 1. The lowest BCUT2D eigenvalue weighted by molar-refractivity contribution is 0.387. The van der Waals surface area contributed by atoms with Crippen LogP contribution in [0.15, 0.2) is 4.99 Å². The van der Waals surface area contributed by atoms with E-state index in [1.807, 2.05) is 13.1 Å². The van der Waals surface area contributed by atoms with Crippen LogP contribution in [0.4, 0.5) is 0 Å². The summed E-state index contributed by atoms with van der Waals surface area (Å²) in [5.41, 5.74) is 5.85. The van der Waals surface area contributed by atoms with Crippen molar-refractivity contribution >= 4 is 6.21 Å². The van der Waals surface area contributed by atoms with Gasteiger partial charge in [-0.15, -0.1) is 0 Å². The maximum absolute atomic E-state index is 5.85. The van der Waals surface area contributed by atoms with Gasteiger partial charge in [0.1, 0.15) is 0 Å². The molecule has 0 aromatic heterocycles. The highest BCUT2D eigenvalue weighted by Gasteiger charge is 2.19. The largest absolute Gasteiger partial charge is 0.326 e. The van der Waals surface area contributed by atoms with E-state index in [-0.39, 0.29) is 0 Å². The van der Waals surface area contributed by atoms with Gasteiger partial charge >= 0.3 is 0 Å². The highest BCUT2D eigenvalue weighted by atomic mass is 14.8. The number of aliphatic imine (C=N–C) groups is 1. The average molecular weight is 140 g/mol. The number of nitrogens with two attached hydrogens (primary N) is 1. The maximum atomic E-state index is 5.85. The molecule has 2 nitrogen and oxygen atoms in total. The Balaban J connectivity index is 2.39. The molecule has 58 valence electrons. The van der Waals surface area contributed by atoms with Gasteiger partial charge in [-0.25, -0.2) is 0 Å².